The third-order valence-electron chi connectivity index (χ3n) is 4.04. The van der Waals surface area contributed by atoms with Crippen molar-refractivity contribution in [1.29, 1.82) is 0 Å². The molecule has 2 heterocycles. The van der Waals surface area contributed by atoms with Gasteiger partial charge in [-0.1, -0.05) is 6.92 Å². The Kier molecular flexibility index (Phi) is 4.79. The summed E-state index contributed by atoms with van der Waals surface area (Å²) in [4.78, 5) is 0. The third-order valence-corrected chi connectivity index (χ3v) is 6.01. The Morgan fingerprint density at radius 3 is 2.20 bits per heavy atom. The van der Waals surface area contributed by atoms with Crippen LogP contribution in [-0.4, -0.2) is 42.9 Å². The molecule has 0 spiro atoms. The summed E-state index contributed by atoms with van der Waals surface area (Å²) in [5, 5.41) is 3.58. The number of piperidine rings is 1. The molecule has 0 aromatic heterocycles. The van der Waals surface area contributed by atoms with Crippen LogP contribution in [0.4, 0.5) is 0 Å². The first-order valence-corrected chi connectivity index (χ1v) is 9.22. The van der Waals surface area contributed by atoms with Crippen molar-refractivity contribution < 1.29 is 8.42 Å². The fraction of sp³-hybridized carbons (Fsp3) is 1.00. The number of nitrogens with one attached hydrogen (secondary N) is 2. The second-order valence-corrected chi connectivity index (χ2v) is 8.85. The summed E-state index contributed by atoms with van der Waals surface area (Å²) in [7, 11) is -3.41. The van der Waals surface area contributed by atoms with Gasteiger partial charge in [0.15, 0.2) is 0 Å². The number of fused-ring (bicyclic) bond motifs is 2. The molecule has 20 heavy (non-hydrogen) atoms. The molecular weight excluding hydrogens is 274 g/mol. The molecule has 0 aliphatic carbocycles. The lowest BCUT2D eigenvalue weighted by atomic mass is 10.00. The van der Waals surface area contributed by atoms with Gasteiger partial charge in [0.05, 0.1) is 0 Å². The van der Waals surface area contributed by atoms with Gasteiger partial charge in [0.1, 0.15) is 0 Å². The van der Waals surface area contributed by atoms with Crippen molar-refractivity contribution in [3.63, 3.8) is 0 Å². The van der Waals surface area contributed by atoms with Gasteiger partial charge in [-0.3, -0.25) is 0 Å². The smallest absolute Gasteiger partial charge is 0.280 e. The summed E-state index contributed by atoms with van der Waals surface area (Å²) in [6.07, 6.45) is 5.12. The van der Waals surface area contributed by atoms with Crippen molar-refractivity contribution in [3.05, 3.63) is 0 Å². The van der Waals surface area contributed by atoms with E-state index in [0.717, 1.165) is 19.3 Å². The predicted octanol–water partition coefficient (Wildman–Crippen LogP) is 1.61. The van der Waals surface area contributed by atoms with Crippen LogP contribution in [0.1, 0.15) is 59.8 Å². The number of nitrogens with zero attached hydrogens (tertiary/aromatic N) is 1. The Morgan fingerprint density at radius 1 is 1.20 bits per heavy atom. The normalized spacial score (nSPS) is 30.9. The van der Waals surface area contributed by atoms with Crippen LogP contribution < -0.4 is 10.0 Å². The fourth-order valence-corrected chi connectivity index (χ4v) is 5.31. The van der Waals surface area contributed by atoms with Gasteiger partial charge in [-0.15, -0.1) is 0 Å². The summed E-state index contributed by atoms with van der Waals surface area (Å²) < 4.78 is 29.8. The highest BCUT2D eigenvalue weighted by Crippen LogP contribution is 2.31. The van der Waals surface area contributed by atoms with Crippen LogP contribution in [0.2, 0.25) is 0 Å². The number of hydrogen-bond acceptors (Lipinski definition) is 3. The average molecular weight is 303 g/mol. The maximum Gasteiger partial charge on any atom is 0.280 e. The SMILES string of the molecule is CCCN(C1CC2CCC(C1)N2)S(=O)(=O)NC(C)(C)C. The van der Waals surface area contributed by atoms with Crippen molar-refractivity contribution in [2.24, 2.45) is 0 Å². The van der Waals surface area contributed by atoms with Gasteiger partial charge in [-0.2, -0.15) is 17.4 Å². The molecule has 0 radical (unpaired) electrons. The quantitative estimate of drug-likeness (QED) is 0.811. The molecule has 2 rings (SSSR count). The minimum atomic E-state index is -3.41. The van der Waals surface area contributed by atoms with E-state index in [4.69, 9.17) is 0 Å². The van der Waals surface area contributed by atoms with Gasteiger partial charge in [0, 0.05) is 30.2 Å². The molecule has 0 aromatic rings. The second kappa shape index (κ2) is 5.91. The first-order chi connectivity index (χ1) is 9.21. The third kappa shape index (κ3) is 3.93. The van der Waals surface area contributed by atoms with E-state index in [0.29, 0.717) is 18.6 Å². The number of rotatable bonds is 5. The minimum Gasteiger partial charge on any atom is -0.311 e. The largest absolute Gasteiger partial charge is 0.311 e. The zero-order valence-corrected chi connectivity index (χ0v) is 14.0. The molecule has 2 N–H and O–H groups in total. The van der Waals surface area contributed by atoms with E-state index in [-0.39, 0.29) is 6.04 Å². The maximum atomic E-state index is 12.7. The van der Waals surface area contributed by atoms with E-state index in [2.05, 4.69) is 10.0 Å². The molecule has 2 atom stereocenters. The Balaban J connectivity index is 2.14. The molecule has 118 valence electrons. The van der Waals surface area contributed by atoms with Crippen LogP contribution in [-0.2, 0) is 10.2 Å². The summed E-state index contributed by atoms with van der Waals surface area (Å²) in [6, 6.07) is 1.15. The van der Waals surface area contributed by atoms with Gasteiger partial charge in [0.25, 0.3) is 10.2 Å². The molecule has 6 heteroatoms. The Morgan fingerprint density at radius 2 is 1.75 bits per heavy atom. The highest BCUT2D eigenvalue weighted by molar-refractivity contribution is 7.87. The van der Waals surface area contributed by atoms with Crippen molar-refractivity contribution in [1.82, 2.24) is 14.3 Å². The van der Waals surface area contributed by atoms with Crippen molar-refractivity contribution in [3.8, 4) is 0 Å². The first kappa shape index (κ1) is 16.2. The topological polar surface area (TPSA) is 61.4 Å². The van der Waals surface area contributed by atoms with Crippen molar-refractivity contribution in [2.75, 3.05) is 6.54 Å². The molecule has 2 aliphatic heterocycles. The van der Waals surface area contributed by atoms with Crippen LogP contribution in [0.5, 0.6) is 0 Å². The molecular formula is C14H29N3O2S. The van der Waals surface area contributed by atoms with E-state index < -0.39 is 15.7 Å². The number of hydrogen-bond donors (Lipinski definition) is 2. The van der Waals surface area contributed by atoms with E-state index in [1.54, 1.807) is 4.31 Å². The maximum absolute atomic E-state index is 12.7. The standard InChI is InChI=1S/C14H29N3O2S/c1-5-8-17(20(18,19)16-14(2,3)4)13-9-11-6-7-12(10-13)15-11/h11-13,15-16H,5-10H2,1-4H3. The van der Waals surface area contributed by atoms with Crippen LogP contribution in [0.15, 0.2) is 0 Å². The summed E-state index contributed by atoms with van der Waals surface area (Å²) >= 11 is 0. The highest BCUT2D eigenvalue weighted by atomic mass is 32.2. The molecule has 0 aromatic carbocycles. The summed E-state index contributed by atoms with van der Waals surface area (Å²) in [6.45, 7) is 8.31. The lowest BCUT2D eigenvalue weighted by Gasteiger charge is -2.38. The van der Waals surface area contributed by atoms with Gasteiger partial charge >= 0.3 is 0 Å². The zero-order valence-electron chi connectivity index (χ0n) is 13.1. The van der Waals surface area contributed by atoms with Crippen LogP contribution in [0.3, 0.4) is 0 Å². The molecule has 2 saturated heterocycles. The Labute approximate surface area is 123 Å². The molecule has 5 nitrogen and oxygen atoms in total. The van der Waals surface area contributed by atoms with Gasteiger partial charge in [-0.25, -0.2) is 0 Å². The molecule has 2 fully saturated rings. The highest BCUT2D eigenvalue weighted by Gasteiger charge is 2.40. The van der Waals surface area contributed by atoms with Crippen molar-refractivity contribution in [2.45, 2.75) is 83.5 Å². The predicted molar refractivity (Wildman–Crippen MR) is 81.8 cm³/mol. The zero-order chi connectivity index (χ0) is 15.0. The Hall–Kier alpha value is -0.170. The van der Waals surface area contributed by atoms with E-state index in [9.17, 15) is 8.42 Å². The molecule has 2 unspecified atom stereocenters. The van der Waals surface area contributed by atoms with Crippen LogP contribution in [0.25, 0.3) is 0 Å². The molecule has 0 amide bonds. The van der Waals surface area contributed by atoms with Crippen molar-refractivity contribution >= 4 is 10.2 Å². The molecule has 2 aliphatic rings. The van der Waals surface area contributed by atoms with Crippen LogP contribution >= 0.6 is 0 Å². The van der Waals surface area contributed by atoms with Crippen LogP contribution in [0, 0.1) is 0 Å². The fourth-order valence-electron chi connectivity index (χ4n) is 3.43. The summed E-state index contributed by atoms with van der Waals surface area (Å²) in [5.41, 5.74) is -0.434. The van der Waals surface area contributed by atoms with E-state index >= 15 is 0 Å². The average Bonchev–Trinajstić information content (AvgIpc) is 2.62. The molecule has 2 bridgehead atoms. The summed E-state index contributed by atoms with van der Waals surface area (Å²) in [5.74, 6) is 0. The lowest BCUT2D eigenvalue weighted by molar-refractivity contribution is 0.221. The van der Waals surface area contributed by atoms with Gasteiger partial charge in [-0.05, 0) is 52.9 Å². The monoisotopic (exact) mass is 303 g/mol. The van der Waals surface area contributed by atoms with E-state index in [1.807, 2.05) is 27.7 Å². The Bertz CT molecular complexity index is 418. The van der Waals surface area contributed by atoms with E-state index in [1.165, 1.54) is 12.8 Å². The second-order valence-electron chi connectivity index (χ2n) is 7.23. The minimum absolute atomic E-state index is 0.147. The lowest BCUT2D eigenvalue weighted by Crippen LogP contribution is -2.56. The first-order valence-electron chi connectivity index (χ1n) is 7.78. The molecule has 0 saturated carbocycles. The van der Waals surface area contributed by atoms with Gasteiger partial charge in [0.2, 0.25) is 0 Å². The van der Waals surface area contributed by atoms with Gasteiger partial charge < -0.3 is 5.32 Å².